The Balaban J connectivity index is 1.46. The van der Waals surface area contributed by atoms with E-state index in [2.05, 4.69) is 64.5 Å². The minimum Gasteiger partial charge on any atom is -0.490 e. The summed E-state index contributed by atoms with van der Waals surface area (Å²) in [6, 6.07) is 19.0. The van der Waals surface area contributed by atoms with Gasteiger partial charge < -0.3 is 4.74 Å². The van der Waals surface area contributed by atoms with Gasteiger partial charge in [-0.3, -0.25) is 0 Å². The minimum atomic E-state index is 0.364. The molecule has 0 radical (unpaired) electrons. The molecule has 0 bridgehead atoms. The van der Waals surface area contributed by atoms with Gasteiger partial charge in [-0.25, -0.2) is 0 Å². The van der Waals surface area contributed by atoms with Crippen LogP contribution in [0.25, 0.3) is 0 Å². The van der Waals surface area contributed by atoms with Gasteiger partial charge in [0.1, 0.15) is 11.9 Å². The van der Waals surface area contributed by atoms with E-state index in [0.717, 1.165) is 25.0 Å². The van der Waals surface area contributed by atoms with Gasteiger partial charge in [0.05, 0.1) is 0 Å². The molecule has 104 valence electrons. The fourth-order valence-electron chi connectivity index (χ4n) is 2.77. The van der Waals surface area contributed by atoms with Gasteiger partial charge in [-0.05, 0) is 36.5 Å². The van der Waals surface area contributed by atoms with E-state index in [1.54, 1.807) is 0 Å². The van der Waals surface area contributed by atoms with E-state index in [1.807, 2.05) is 6.07 Å². The minimum absolute atomic E-state index is 0.364. The van der Waals surface area contributed by atoms with Crippen molar-refractivity contribution >= 4 is 15.9 Å². The van der Waals surface area contributed by atoms with E-state index >= 15 is 0 Å². The molecule has 0 saturated carbocycles. The molecule has 20 heavy (non-hydrogen) atoms. The van der Waals surface area contributed by atoms with Crippen LogP contribution in [0.2, 0.25) is 0 Å². The van der Waals surface area contributed by atoms with E-state index in [-0.39, 0.29) is 0 Å². The molecule has 2 unspecified atom stereocenters. The van der Waals surface area contributed by atoms with Crippen molar-refractivity contribution in [3.63, 3.8) is 0 Å². The van der Waals surface area contributed by atoms with Crippen LogP contribution in [0, 0.1) is 0 Å². The average Bonchev–Trinajstić information content (AvgIpc) is 2.90. The third-order valence-electron chi connectivity index (χ3n) is 3.86. The van der Waals surface area contributed by atoms with Crippen molar-refractivity contribution in [3.8, 4) is 5.75 Å². The summed E-state index contributed by atoms with van der Waals surface area (Å²) >= 11 is 3.78. The highest BCUT2D eigenvalue weighted by molar-refractivity contribution is 9.09. The molecule has 2 heteroatoms. The summed E-state index contributed by atoms with van der Waals surface area (Å²) in [4.78, 5) is 0.451. The second-order valence-electron chi connectivity index (χ2n) is 5.36. The van der Waals surface area contributed by atoms with Crippen molar-refractivity contribution in [2.45, 2.75) is 36.6 Å². The maximum absolute atomic E-state index is 5.98. The number of rotatable bonds is 5. The maximum Gasteiger partial charge on any atom is 0.123 e. The maximum atomic E-state index is 5.98. The van der Waals surface area contributed by atoms with Crippen LogP contribution >= 0.6 is 15.9 Å². The Morgan fingerprint density at radius 3 is 2.60 bits per heavy atom. The van der Waals surface area contributed by atoms with E-state index < -0.39 is 0 Å². The fourth-order valence-corrected chi connectivity index (χ4v) is 3.40. The number of ether oxygens (including phenoxy) is 1. The Kier molecular flexibility index (Phi) is 4.41. The van der Waals surface area contributed by atoms with Crippen LogP contribution in [0.5, 0.6) is 5.75 Å². The topological polar surface area (TPSA) is 9.23 Å². The molecule has 0 saturated heterocycles. The highest BCUT2D eigenvalue weighted by Crippen LogP contribution is 2.32. The number of fused-ring (bicyclic) bond motifs is 1. The number of alkyl halides is 1. The van der Waals surface area contributed by atoms with Crippen LogP contribution in [0.4, 0.5) is 0 Å². The lowest BCUT2D eigenvalue weighted by molar-refractivity contribution is 0.217. The van der Waals surface area contributed by atoms with Crippen LogP contribution in [-0.2, 0) is 6.42 Å². The lowest BCUT2D eigenvalue weighted by Crippen LogP contribution is -2.12. The molecule has 1 aliphatic heterocycles. The molecular formula is C18H19BrO. The highest BCUT2D eigenvalue weighted by atomic mass is 79.9. The van der Waals surface area contributed by atoms with E-state index in [1.165, 1.54) is 17.5 Å². The lowest BCUT2D eigenvalue weighted by atomic mass is 10.0. The molecule has 0 spiro atoms. The highest BCUT2D eigenvalue weighted by Gasteiger charge is 2.22. The zero-order valence-electron chi connectivity index (χ0n) is 11.5. The van der Waals surface area contributed by atoms with Gasteiger partial charge in [0.2, 0.25) is 0 Å². The van der Waals surface area contributed by atoms with Crippen molar-refractivity contribution in [2.75, 3.05) is 0 Å². The third kappa shape index (κ3) is 3.24. The molecule has 0 amide bonds. The van der Waals surface area contributed by atoms with Gasteiger partial charge >= 0.3 is 0 Å². The fraction of sp³-hybridized carbons (Fsp3) is 0.333. The quantitative estimate of drug-likeness (QED) is 0.676. The molecule has 2 aromatic carbocycles. The number of hydrogen-bond donors (Lipinski definition) is 0. The van der Waals surface area contributed by atoms with Crippen molar-refractivity contribution in [3.05, 3.63) is 65.7 Å². The van der Waals surface area contributed by atoms with Crippen molar-refractivity contribution in [2.24, 2.45) is 0 Å². The van der Waals surface area contributed by atoms with Crippen LogP contribution in [0.3, 0.4) is 0 Å². The number of hydrogen-bond acceptors (Lipinski definition) is 1. The van der Waals surface area contributed by atoms with Gasteiger partial charge in [0, 0.05) is 11.2 Å². The molecule has 0 aromatic heterocycles. The zero-order chi connectivity index (χ0) is 13.8. The summed E-state index contributed by atoms with van der Waals surface area (Å²) in [7, 11) is 0. The van der Waals surface area contributed by atoms with Gasteiger partial charge in [0.25, 0.3) is 0 Å². The second kappa shape index (κ2) is 6.45. The largest absolute Gasteiger partial charge is 0.490 e. The molecule has 2 aromatic rings. The molecule has 1 heterocycles. The van der Waals surface area contributed by atoms with Crippen molar-refractivity contribution in [1.82, 2.24) is 0 Å². The first kappa shape index (κ1) is 13.7. The van der Waals surface area contributed by atoms with Crippen LogP contribution in [-0.4, -0.2) is 6.10 Å². The average molecular weight is 331 g/mol. The van der Waals surface area contributed by atoms with Gasteiger partial charge in [-0.2, -0.15) is 0 Å². The third-order valence-corrected chi connectivity index (χ3v) is 4.85. The van der Waals surface area contributed by atoms with E-state index in [0.29, 0.717) is 10.9 Å². The normalized spacial score (nSPS) is 18.4. The predicted octanol–water partition coefficient (Wildman–Crippen LogP) is 5.30. The van der Waals surface area contributed by atoms with Crippen LogP contribution < -0.4 is 4.74 Å². The summed E-state index contributed by atoms with van der Waals surface area (Å²) in [6.07, 6.45) is 4.89. The molecule has 3 rings (SSSR count). The van der Waals surface area contributed by atoms with E-state index in [4.69, 9.17) is 4.74 Å². The summed E-state index contributed by atoms with van der Waals surface area (Å²) < 4.78 is 5.98. The molecule has 2 atom stereocenters. The Morgan fingerprint density at radius 1 is 1.05 bits per heavy atom. The van der Waals surface area contributed by atoms with Crippen LogP contribution in [0.1, 0.15) is 35.2 Å². The number of halogens is 1. The smallest absolute Gasteiger partial charge is 0.123 e. The van der Waals surface area contributed by atoms with E-state index in [9.17, 15) is 0 Å². The number of para-hydroxylation sites is 1. The second-order valence-corrected chi connectivity index (χ2v) is 6.47. The molecule has 0 fully saturated rings. The van der Waals surface area contributed by atoms with Crippen molar-refractivity contribution < 1.29 is 4.74 Å². The monoisotopic (exact) mass is 330 g/mol. The summed E-state index contributed by atoms with van der Waals surface area (Å²) in [6.45, 7) is 0. The molecular weight excluding hydrogens is 312 g/mol. The van der Waals surface area contributed by atoms with Gasteiger partial charge in [0.15, 0.2) is 0 Å². The summed E-state index contributed by atoms with van der Waals surface area (Å²) in [5.74, 6) is 1.08. The Bertz CT molecular complexity index is 527. The SMILES string of the molecule is BrC(CCCC1Cc2ccccc2O1)c1ccccc1. The Hall–Kier alpha value is -1.28. The van der Waals surface area contributed by atoms with Gasteiger partial charge in [-0.15, -0.1) is 0 Å². The predicted molar refractivity (Wildman–Crippen MR) is 86.5 cm³/mol. The first-order valence-corrected chi connectivity index (χ1v) is 8.18. The first-order chi connectivity index (χ1) is 9.83. The van der Waals surface area contributed by atoms with Crippen LogP contribution in [0.15, 0.2) is 54.6 Å². The molecule has 1 nitrogen and oxygen atoms in total. The number of benzene rings is 2. The standard InChI is InChI=1S/C18H19BrO/c19-17(14-7-2-1-3-8-14)11-6-10-16-13-15-9-4-5-12-18(15)20-16/h1-5,7-9,12,16-17H,6,10-11,13H2. The summed E-state index contributed by atoms with van der Waals surface area (Å²) in [5.41, 5.74) is 2.72. The Labute approximate surface area is 129 Å². The molecule has 0 N–H and O–H groups in total. The first-order valence-electron chi connectivity index (χ1n) is 7.26. The lowest BCUT2D eigenvalue weighted by Gasteiger charge is -2.13. The zero-order valence-corrected chi connectivity index (χ0v) is 13.1. The summed E-state index contributed by atoms with van der Waals surface area (Å²) in [5, 5.41) is 0. The molecule has 1 aliphatic rings. The van der Waals surface area contributed by atoms with Crippen molar-refractivity contribution in [1.29, 1.82) is 0 Å². The molecule has 0 aliphatic carbocycles. The Morgan fingerprint density at radius 2 is 1.80 bits per heavy atom. The van der Waals surface area contributed by atoms with Gasteiger partial charge in [-0.1, -0.05) is 64.5 Å².